The summed E-state index contributed by atoms with van der Waals surface area (Å²) in [5.74, 6) is -1.15. The second-order valence-electron chi connectivity index (χ2n) is 5.20. The van der Waals surface area contributed by atoms with Gasteiger partial charge < -0.3 is 18.9 Å². The first-order valence-electron chi connectivity index (χ1n) is 5.38. The normalized spacial score (nSPS) is 40.3. The molecule has 3 atom stereocenters. The standard InChI is InChI=1S/C11H18O5/c1-10(2)8(13-5)6-7(9(12)16-10)15-11(3,4)14-6/h6-8H,1-5H3/t6-,7+,8-/m0/s1. The summed E-state index contributed by atoms with van der Waals surface area (Å²) in [5.41, 5.74) is -0.698. The van der Waals surface area contributed by atoms with Gasteiger partial charge in [-0.15, -0.1) is 0 Å². The van der Waals surface area contributed by atoms with Gasteiger partial charge in [0.2, 0.25) is 0 Å². The largest absolute Gasteiger partial charge is 0.455 e. The van der Waals surface area contributed by atoms with Gasteiger partial charge in [-0.25, -0.2) is 4.79 Å². The van der Waals surface area contributed by atoms with Crippen molar-refractivity contribution in [2.75, 3.05) is 7.11 Å². The second-order valence-corrected chi connectivity index (χ2v) is 5.20. The van der Waals surface area contributed by atoms with Crippen molar-refractivity contribution in [1.82, 2.24) is 0 Å². The molecule has 5 heteroatoms. The summed E-state index contributed by atoms with van der Waals surface area (Å²) in [6.07, 6.45) is -1.42. The Morgan fingerprint density at radius 1 is 1.19 bits per heavy atom. The number of carbonyl (C=O) groups is 1. The minimum Gasteiger partial charge on any atom is -0.455 e. The molecule has 0 aromatic heterocycles. The minimum absolute atomic E-state index is 0.322. The van der Waals surface area contributed by atoms with Crippen molar-refractivity contribution >= 4 is 5.97 Å². The van der Waals surface area contributed by atoms with E-state index in [1.165, 1.54) is 0 Å². The van der Waals surface area contributed by atoms with E-state index in [1.54, 1.807) is 21.0 Å². The average molecular weight is 230 g/mol. The molecule has 0 aromatic rings. The molecule has 0 saturated carbocycles. The van der Waals surface area contributed by atoms with Crippen LogP contribution in [0.5, 0.6) is 0 Å². The molecule has 92 valence electrons. The Kier molecular flexibility index (Phi) is 2.53. The highest BCUT2D eigenvalue weighted by molar-refractivity contribution is 5.77. The predicted molar refractivity (Wildman–Crippen MR) is 54.8 cm³/mol. The first kappa shape index (κ1) is 11.8. The number of carbonyl (C=O) groups excluding carboxylic acids is 1. The van der Waals surface area contributed by atoms with Crippen molar-refractivity contribution in [2.24, 2.45) is 0 Å². The zero-order chi connectivity index (χ0) is 12.1. The number of methoxy groups -OCH3 is 1. The smallest absolute Gasteiger partial charge is 0.338 e. The number of hydrogen-bond acceptors (Lipinski definition) is 5. The van der Waals surface area contributed by atoms with Gasteiger partial charge in [-0.05, 0) is 27.7 Å². The number of ether oxygens (including phenoxy) is 4. The van der Waals surface area contributed by atoms with Crippen LogP contribution in [0, 0.1) is 0 Å². The third-order valence-electron chi connectivity index (χ3n) is 2.96. The molecule has 0 aromatic carbocycles. The summed E-state index contributed by atoms with van der Waals surface area (Å²) in [4.78, 5) is 11.8. The summed E-state index contributed by atoms with van der Waals surface area (Å²) in [6, 6.07) is 0. The fourth-order valence-corrected chi connectivity index (χ4v) is 2.38. The number of rotatable bonds is 1. The maximum Gasteiger partial charge on any atom is 0.338 e. The van der Waals surface area contributed by atoms with E-state index < -0.39 is 23.6 Å². The van der Waals surface area contributed by atoms with Crippen LogP contribution >= 0.6 is 0 Å². The van der Waals surface area contributed by atoms with Crippen LogP contribution in [-0.4, -0.2) is 42.8 Å². The highest BCUT2D eigenvalue weighted by atomic mass is 16.8. The van der Waals surface area contributed by atoms with E-state index in [9.17, 15) is 4.79 Å². The number of esters is 1. The van der Waals surface area contributed by atoms with Crippen molar-refractivity contribution < 1.29 is 23.7 Å². The lowest BCUT2D eigenvalue weighted by molar-refractivity contribution is -0.210. The van der Waals surface area contributed by atoms with Gasteiger partial charge in [-0.1, -0.05) is 0 Å². The molecular weight excluding hydrogens is 212 g/mol. The van der Waals surface area contributed by atoms with E-state index in [2.05, 4.69) is 0 Å². The number of fused-ring (bicyclic) bond motifs is 1. The fraction of sp³-hybridized carbons (Fsp3) is 0.909. The third kappa shape index (κ3) is 1.73. The van der Waals surface area contributed by atoms with Gasteiger partial charge in [0.05, 0.1) is 0 Å². The van der Waals surface area contributed by atoms with Crippen LogP contribution in [-0.2, 0) is 23.7 Å². The highest BCUT2D eigenvalue weighted by Gasteiger charge is 2.58. The lowest BCUT2D eigenvalue weighted by atomic mass is 9.90. The molecule has 2 heterocycles. The van der Waals surface area contributed by atoms with Crippen molar-refractivity contribution in [3.05, 3.63) is 0 Å². The van der Waals surface area contributed by atoms with Gasteiger partial charge in [-0.3, -0.25) is 0 Å². The van der Waals surface area contributed by atoms with Gasteiger partial charge in [0.1, 0.15) is 17.8 Å². The lowest BCUT2D eigenvalue weighted by Gasteiger charge is -2.41. The van der Waals surface area contributed by atoms with Crippen molar-refractivity contribution in [2.45, 2.75) is 57.4 Å². The molecule has 0 amide bonds. The van der Waals surface area contributed by atoms with Crippen LogP contribution in [0.3, 0.4) is 0 Å². The molecule has 16 heavy (non-hydrogen) atoms. The molecule has 0 N–H and O–H groups in total. The average Bonchev–Trinajstić information content (AvgIpc) is 2.40. The third-order valence-corrected chi connectivity index (χ3v) is 2.96. The number of hydrogen-bond donors (Lipinski definition) is 0. The molecule has 2 aliphatic rings. The Morgan fingerprint density at radius 3 is 2.38 bits per heavy atom. The molecular formula is C11H18O5. The van der Waals surface area contributed by atoms with Crippen molar-refractivity contribution in [1.29, 1.82) is 0 Å². The maximum atomic E-state index is 11.8. The van der Waals surface area contributed by atoms with Gasteiger partial charge >= 0.3 is 5.97 Å². The Hall–Kier alpha value is -0.650. The summed E-state index contributed by atoms with van der Waals surface area (Å²) in [5, 5.41) is 0. The zero-order valence-corrected chi connectivity index (χ0v) is 10.3. The van der Waals surface area contributed by atoms with E-state index in [4.69, 9.17) is 18.9 Å². The van der Waals surface area contributed by atoms with Crippen molar-refractivity contribution in [3.63, 3.8) is 0 Å². The van der Waals surface area contributed by atoms with E-state index >= 15 is 0 Å². The van der Waals surface area contributed by atoms with E-state index in [0.29, 0.717) is 0 Å². The molecule has 0 spiro atoms. The lowest BCUT2D eigenvalue weighted by Crippen LogP contribution is -2.59. The Balaban J connectivity index is 2.30. The topological polar surface area (TPSA) is 54.0 Å². The van der Waals surface area contributed by atoms with Gasteiger partial charge in [0, 0.05) is 7.11 Å². The van der Waals surface area contributed by atoms with Crippen LogP contribution in [0.1, 0.15) is 27.7 Å². The van der Waals surface area contributed by atoms with Crippen molar-refractivity contribution in [3.8, 4) is 0 Å². The quantitative estimate of drug-likeness (QED) is 0.625. The van der Waals surface area contributed by atoms with Gasteiger partial charge in [0.15, 0.2) is 11.9 Å². The maximum absolute atomic E-state index is 11.8. The molecule has 0 aliphatic carbocycles. The van der Waals surface area contributed by atoms with E-state index in [-0.39, 0.29) is 12.1 Å². The zero-order valence-electron chi connectivity index (χ0n) is 10.3. The SMILES string of the molecule is CO[C@H]1[C@H]2OC(C)(C)O[C@H]2C(=O)OC1(C)C. The monoisotopic (exact) mass is 230 g/mol. The molecule has 5 nitrogen and oxygen atoms in total. The molecule has 2 rings (SSSR count). The minimum atomic E-state index is -0.772. The summed E-state index contributed by atoms with van der Waals surface area (Å²) in [7, 11) is 1.58. The van der Waals surface area contributed by atoms with Crippen LogP contribution < -0.4 is 0 Å². The van der Waals surface area contributed by atoms with E-state index in [1.807, 2.05) is 13.8 Å². The van der Waals surface area contributed by atoms with Gasteiger partial charge in [0.25, 0.3) is 0 Å². The molecule has 0 radical (unpaired) electrons. The molecule has 2 fully saturated rings. The molecule has 2 saturated heterocycles. The van der Waals surface area contributed by atoms with E-state index in [0.717, 1.165) is 0 Å². The number of cyclic esters (lactones) is 1. The summed E-state index contributed by atoms with van der Waals surface area (Å²) >= 11 is 0. The van der Waals surface area contributed by atoms with Crippen LogP contribution in [0.15, 0.2) is 0 Å². The van der Waals surface area contributed by atoms with Crippen LogP contribution in [0.2, 0.25) is 0 Å². The Morgan fingerprint density at radius 2 is 1.81 bits per heavy atom. The summed E-state index contributed by atoms with van der Waals surface area (Å²) < 4.78 is 21.9. The molecule has 2 aliphatic heterocycles. The Labute approximate surface area is 95.0 Å². The van der Waals surface area contributed by atoms with Crippen LogP contribution in [0.25, 0.3) is 0 Å². The fourth-order valence-electron chi connectivity index (χ4n) is 2.38. The van der Waals surface area contributed by atoms with Crippen LogP contribution in [0.4, 0.5) is 0 Å². The Bertz CT molecular complexity index is 309. The highest BCUT2D eigenvalue weighted by Crippen LogP contribution is 2.39. The molecule has 0 bridgehead atoms. The first-order chi connectivity index (χ1) is 7.27. The summed E-state index contributed by atoms with van der Waals surface area (Å²) in [6.45, 7) is 7.17. The second kappa shape index (κ2) is 3.42. The predicted octanol–water partition coefficient (Wildman–Crippen LogP) is 0.857. The van der Waals surface area contributed by atoms with Gasteiger partial charge in [-0.2, -0.15) is 0 Å². The first-order valence-corrected chi connectivity index (χ1v) is 5.38. The molecule has 0 unspecified atom stereocenters.